The molecule has 1 saturated heterocycles. The van der Waals surface area contributed by atoms with Crippen LogP contribution in [0.1, 0.15) is 17.5 Å². The van der Waals surface area contributed by atoms with Gasteiger partial charge in [0.2, 0.25) is 0 Å². The molecule has 2 aliphatic rings. The number of carbonyl (C=O) groups excluding carboxylic acids is 1. The van der Waals surface area contributed by atoms with Gasteiger partial charge in [-0.15, -0.1) is 0 Å². The van der Waals surface area contributed by atoms with Gasteiger partial charge in [-0.25, -0.2) is 4.79 Å². The number of methoxy groups -OCH3 is 1. The Kier molecular flexibility index (Phi) is 6.08. The fraction of sp³-hybridized carbons (Fsp3) is 0.435. The van der Waals surface area contributed by atoms with Gasteiger partial charge < -0.3 is 24.6 Å². The van der Waals surface area contributed by atoms with Crippen molar-refractivity contribution < 1.29 is 14.3 Å². The largest absolute Gasteiger partial charge is 0.497 e. The summed E-state index contributed by atoms with van der Waals surface area (Å²) in [5.41, 5.74) is 4.01. The number of rotatable bonds is 6. The molecule has 1 aliphatic carbocycles. The predicted octanol–water partition coefficient (Wildman–Crippen LogP) is 3.09. The molecule has 1 heterocycles. The zero-order valence-electron chi connectivity index (χ0n) is 17.0. The zero-order valence-corrected chi connectivity index (χ0v) is 17.0. The van der Waals surface area contributed by atoms with Gasteiger partial charge in [-0.2, -0.15) is 0 Å². The molecule has 2 aromatic carbocycles. The molecule has 0 bridgehead atoms. The van der Waals surface area contributed by atoms with Gasteiger partial charge in [-0.1, -0.05) is 6.07 Å². The summed E-state index contributed by atoms with van der Waals surface area (Å²) in [6.07, 6.45) is 3.56. The fourth-order valence-corrected chi connectivity index (χ4v) is 4.04. The first-order valence-corrected chi connectivity index (χ1v) is 10.4. The van der Waals surface area contributed by atoms with Crippen LogP contribution < -0.4 is 19.7 Å². The molecule has 2 aromatic rings. The van der Waals surface area contributed by atoms with Crippen molar-refractivity contribution in [3.8, 4) is 11.5 Å². The lowest BCUT2D eigenvalue weighted by atomic mass is 10.1. The van der Waals surface area contributed by atoms with Crippen molar-refractivity contribution >= 4 is 11.7 Å². The van der Waals surface area contributed by atoms with Crippen LogP contribution in [0.25, 0.3) is 0 Å². The van der Waals surface area contributed by atoms with Crippen LogP contribution in [-0.4, -0.2) is 57.4 Å². The molecule has 0 aromatic heterocycles. The topological polar surface area (TPSA) is 54.0 Å². The Labute approximate surface area is 172 Å². The maximum Gasteiger partial charge on any atom is 0.317 e. The van der Waals surface area contributed by atoms with E-state index < -0.39 is 0 Å². The highest BCUT2D eigenvalue weighted by molar-refractivity contribution is 5.74. The van der Waals surface area contributed by atoms with Gasteiger partial charge in [0, 0.05) is 31.9 Å². The predicted molar refractivity (Wildman–Crippen MR) is 114 cm³/mol. The molecule has 4 rings (SSSR count). The number of aryl methyl sites for hydroxylation is 2. The van der Waals surface area contributed by atoms with Crippen LogP contribution in [0.4, 0.5) is 10.5 Å². The van der Waals surface area contributed by atoms with Gasteiger partial charge in [0.1, 0.15) is 18.1 Å². The number of nitrogens with zero attached hydrogens (tertiary/aromatic N) is 2. The van der Waals surface area contributed by atoms with E-state index >= 15 is 0 Å². The van der Waals surface area contributed by atoms with E-state index in [4.69, 9.17) is 9.47 Å². The zero-order chi connectivity index (χ0) is 20.1. The van der Waals surface area contributed by atoms with Crippen LogP contribution in [0.2, 0.25) is 0 Å². The molecule has 0 atom stereocenters. The number of anilines is 1. The van der Waals surface area contributed by atoms with Crippen molar-refractivity contribution in [3.05, 3.63) is 53.6 Å². The molecule has 1 fully saturated rings. The van der Waals surface area contributed by atoms with Crippen LogP contribution in [-0.2, 0) is 12.8 Å². The number of benzene rings is 2. The van der Waals surface area contributed by atoms with E-state index in [-0.39, 0.29) is 6.03 Å². The third-order valence-electron chi connectivity index (χ3n) is 5.72. The van der Waals surface area contributed by atoms with Crippen LogP contribution in [0.15, 0.2) is 42.5 Å². The van der Waals surface area contributed by atoms with E-state index in [1.807, 2.05) is 23.1 Å². The highest BCUT2D eigenvalue weighted by atomic mass is 16.5. The minimum atomic E-state index is -0.0167. The molecular weight excluding hydrogens is 366 g/mol. The summed E-state index contributed by atoms with van der Waals surface area (Å²) >= 11 is 0. The van der Waals surface area contributed by atoms with E-state index in [1.54, 1.807) is 7.11 Å². The van der Waals surface area contributed by atoms with Gasteiger partial charge in [-0.05, 0) is 66.8 Å². The number of hydrogen-bond acceptors (Lipinski definition) is 4. The Hall–Kier alpha value is -2.89. The highest BCUT2D eigenvalue weighted by Gasteiger charge is 2.21. The van der Waals surface area contributed by atoms with E-state index in [2.05, 4.69) is 34.5 Å². The smallest absolute Gasteiger partial charge is 0.317 e. The fourth-order valence-electron chi connectivity index (χ4n) is 4.04. The third-order valence-corrected chi connectivity index (χ3v) is 5.72. The number of piperazine rings is 1. The number of fused-ring (bicyclic) bond motifs is 1. The molecular formula is C23H29N3O3. The number of hydrogen-bond donors (Lipinski definition) is 1. The highest BCUT2D eigenvalue weighted by Crippen LogP contribution is 2.26. The molecule has 154 valence electrons. The number of ether oxygens (including phenoxy) is 2. The molecule has 0 radical (unpaired) electrons. The Morgan fingerprint density at radius 1 is 0.966 bits per heavy atom. The van der Waals surface area contributed by atoms with Crippen LogP contribution in [0.3, 0.4) is 0 Å². The van der Waals surface area contributed by atoms with Crippen molar-refractivity contribution in [2.75, 3.05) is 51.3 Å². The molecule has 0 saturated carbocycles. The quantitative estimate of drug-likeness (QED) is 0.764. The molecule has 0 spiro atoms. The first-order valence-electron chi connectivity index (χ1n) is 10.4. The Morgan fingerprint density at radius 3 is 2.45 bits per heavy atom. The van der Waals surface area contributed by atoms with Gasteiger partial charge in [0.25, 0.3) is 0 Å². The second kappa shape index (κ2) is 9.07. The van der Waals surface area contributed by atoms with Crippen molar-refractivity contribution in [2.24, 2.45) is 0 Å². The first kappa shape index (κ1) is 19.4. The van der Waals surface area contributed by atoms with Crippen LogP contribution >= 0.6 is 0 Å². The molecule has 6 nitrogen and oxygen atoms in total. The van der Waals surface area contributed by atoms with Gasteiger partial charge in [0.15, 0.2) is 0 Å². The second-order valence-corrected chi connectivity index (χ2v) is 7.54. The standard InChI is InChI=1S/C23H29N3O3/c1-28-21-9-6-20(7-10-21)25-12-14-26(15-13-25)23(27)24-11-16-29-22-8-5-18-3-2-4-19(18)17-22/h5-10,17H,2-4,11-16H2,1H3,(H,24,27). The summed E-state index contributed by atoms with van der Waals surface area (Å²) in [6.45, 7) is 4.06. The number of nitrogens with one attached hydrogen (secondary N) is 1. The van der Waals surface area contributed by atoms with Gasteiger partial charge in [0.05, 0.1) is 13.7 Å². The first-order chi connectivity index (χ1) is 14.2. The second-order valence-electron chi connectivity index (χ2n) is 7.54. The molecule has 0 unspecified atom stereocenters. The van der Waals surface area contributed by atoms with E-state index in [0.717, 1.165) is 36.7 Å². The summed E-state index contributed by atoms with van der Waals surface area (Å²) in [4.78, 5) is 16.6. The number of urea groups is 1. The van der Waals surface area contributed by atoms with Gasteiger partial charge in [-0.3, -0.25) is 0 Å². The summed E-state index contributed by atoms with van der Waals surface area (Å²) < 4.78 is 11.0. The van der Waals surface area contributed by atoms with Crippen molar-refractivity contribution in [3.63, 3.8) is 0 Å². The molecule has 1 aliphatic heterocycles. The summed E-state index contributed by atoms with van der Waals surface area (Å²) in [7, 11) is 1.67. The lowest BCUT2D eigenvalue weighted by Crippen LogP contribution is -2.52. The minimum absolute atomic E-state index is 0.0167. The summed E-state index contributed by atoms with van der Waals surface area (Å²) in [6, 6.07) is 14.4. The van der Waals surface area contributed by atoms with Crippen molar-refractivity contribution in [1.29, 1.82) is 0 Å². The lowest BCUT2D eigenvalue weighted by molar-refractivity contribution is 0.191. The van der Waals surface area contributed by atoms with Gasteiger partial charge >= 0.3 is 6.03 Å². The average Bonchev–Trinajstić information content (AvgIpc) is 3.25. The van der Waals surface area contributed by atoms with E-state index in [0.29, 0.717) is 26.2 Å². The average molecular weight is 396 g/mol. The minimum Gasteiger partial charge on any atom is -0.497 e. The lowest BCUT2D eigenvalue weighted by Gasteiger charge is -2.36. The summed E-state index contributed by atoms with van der Waals surface area (Å²) in [5, 5.41) is 2.97. The van der Waals surface area contributed by atoms with E-state index in [9.17, 15) is 4.79 Å². The van der Waals surface area contributed by atoms with E-state index in [1.165, 1.54) is 24.0 Å². The Morgan fingerprint density at radius 2 is 1.69 bits per heavy atom. The Bertz CT molecular complexity index is 830. The van der Waals surface area contributed by atoms with Crippen LogP contribution in [0, 0.1) is 0 Å². The Balaban J connectivity index is 1.17. The van der Waals surface area contributed by atoms with Crippen molar-refractivity contribution in [1.82, 2.24) is 10.2 Å². The van der Waals surface area contributed by atoms with Crippen molar-refractivity contribution in [2.45, 2.75) is 19.3 Å². The maximum absolute atomic E-state index is 12.4. The normalized spacial score (nSPS) is 15.8. The monoisotopic (exact) mass is 395 g/mol. The number of amides is 2. The maximum atomic E-state index is 12.4. The molecule has 29 heavy (non-hydrogen) atoms. The SMILES string of the molecule is COc1ccc(N2CCN(C(=O)NCCOc3ccc4c(c3)CCC4)CC2)cc1. The number of carbonyl (C=O) groups is 1. The molecule has 6 heteroatoms. The van der Waals surface area contributed by atoms with Crippen LogP contribution in [0.5, 0.6) is 11.5 Å². The summed E-state index contributed by atoms with van der Waals surface area (Å²) in [5.74, 6) is 1.75. The molecule has 2 amide bonds. The third kappa shape index (κ3) is 4.75. The molecule has 1 N–H and O–H groups in total.